The van der Waals surface area contributed by atoms with Crippen molar-refractivity contribution in [3.05, 3.63) is 6.54 Å². The molecule has 1 heterocycles. The zero-order chi connectivity index (χ0) is 5.11. The molecule has 2 heteroatoms. The average Bonchev–Trinajstić information content (AvgIpc) is 1.69. The molecule has 1 N–H and O–H groups in total. The van der Waals surface area contributed by atoms with Crippen molar-refractivity contribution in [1.82, 2.24) is 5.32 Å². The van der Waals surface area contributed by atoms with Crippen molar-refractivity contribution < 1.29 is 4.79 Å². The Morgan fingerprint density at radius 2 is 2.57 bits per heavy atom. The molecule has 0 aromatic rings. The standard InChI is InChI=1S/C5H7NO/c7-5-2-1-3-6-4-5/h6H,1-3H2. The largest absolute Gasteiger partial charge is 0.301 e. The van der Waals surface area contributed by atoms with Gasteiger partial charge >= 0.3 is 0 Å². The van der Waals surface area contributed by atoms with Gasteiger partial charge in [0, 0.05) is 6.42 Å². The second-order valence-corrected chi connectivity index (χ2v) is 1.58. The van der Waals surface area contributed by atoms with Crippen LogP contribution in [-0.2, 0) is 4.79 Å². The van der Waals surface area contributed by atoms with Crippen molar-refractivity contribution in [2.75, 3.05) is 6.54 Å². The van der Waals surface area contributed by atoms with Crippen LogP contribution in [0.1, 0.15) is 12.8 Å². The van der Waals surface area contributed by atoms with E-state index in [0.29, 0.717) is 6.42 Å². The Bertz CT molecular complexity index is 72.1. The van der Waals surface area contributed by atoms with Gasteiger partial charge in [-0.2, -0.15) is 0 Å². The van der Waals surface area contributed by atoms with Crippen LogP contribution >= 0.6 is 0 Å². The maximum atomic E-state index is 10.3. The Morgan fingerprint density at radius 3 is 2.86 bits per heavy atom. The van der Waals surface area contributed by atoms with Crippen molar-refractivity contribution in [1.29, 1.82) is 0 Å². The molecule has 0 bridgehead atoms. The van der Waals surface area contributed by atoms with Crippen LogP contribution in [0, 0.1) is 6.54 Å². The Kier molecular flexibility index (Phi) is 1.42. The zero-order valence-electron chi connectivity index (χ0n) is 4.03. The van der Waals surface area contributed by atoms with E-state index in [0.717, 1.165) is 13.0 Å². The Morgan fingerprint density at radius 1 is 1.71 bits per heavy atom. The van der Waals surface area contributed by atoms with E-state index in [9.17, 15) is 4.79 Å². The Hall–Kier alpha value is -0.370. The van der Waals surface area contributed by atoms with Gasteiger partial charge in [0.25, 0.3) is 0 Å². The predicted molar refractivity (Wildman–Crippen MR) is 25.5 cm³/mol. The van der Waals surface area contributed by atoms with E-state index in [1.807, 2.05) is 0 Å². The summed E-state index contributed by atoms with van der Waals surface area (Å²) in [4.78, 5) is 10.3. The first-order valence-electron chi connectivity index (χ1n) is 2.41. The van der Waals surface area contributed by atoms with Crippen LogP contribution < -0.4 is 5.32 Å². The minimum absolute atomic E-state index is 0.103. The van der Waals surface area contributed by atoms with Crippen molar-refractivity contribution >= 4 is 5.78 Å². The molecule has 1 rings (SSSR count). The van der Waals surface area contributed by atoms with Crippen LogP contribution in [-0.4, -0.2) is 12.3 Å². The van der Waals surface area contributed by atoms with Crippen molar-refractivity contribution in [2.24, 2.45) is 0 Å². The average molecular weight is 97.1 g/mol. The summed E-state index contributed by atoms with van der Waals surface area (Å²) in [5, 5.41) is 2.73. The second kappa shape index (κ2) is 2.07. The summed E-state index contributed by atoms with van der Waals surface area (Å²) < 4.78 is 0. The van der Waals surface area contributed by atoms with E-state index in [1.54, 1.807) is 0 Å². The molecule has 0 unspecified atom stereocenters. The third kappa shape index (κ3) is 1.27. The van der Waals surface area contributed by atoms with Crippen molar-refractivity contribution in [2.45, 2.75) is 12.8 Å². The molecule has 0 aromatic heterocycles. The van der Waals surface area contributed by atoms with Gasteiger partial charge in [-0.3, -0.25) is 4.79 Å². The third-order valence-corrected chi connectivity index (χ3v) is 0.933. The van der Waals surface area contributed by atoms with Gasteiger partial charge in [0.05, 0.1) is 0 Å². The monoisotopic (exact) mass is 97.1 g/mol. The first kappa shape index (κ1) is 4.78. The van der Waals surface area contributed by atoms with Gasteiger partial charge in [0.15, 0.2) is 5.78 Å². The molecular formula is C5H7NO. The molecule has 2 radical (unpaired) electrons. The van der Waals surface area contributed by atoms with Gasteiger partial charge < -0.3 is 5.32 Å². The highest BCUT2D eigenvalue weighted by molar-refractivity contribution is 5.86. The maximum absolute atomic E-state index is 10.3. The highest BCUT2D eigenvalue weighted by atomic mass is 16.1. The molecule has 0 saturated carbocycles. The minimum atomic E-state index is 0.103. The summed E-state index contributed by atoms with van der Waals surface area (Å²) in [5.41, 5.74) is 0. The molecule has 7 heavy (non-hydrogen) atoms. The topological polar surface area (TPSA) is 29.1 Å². The fraction of sp³-hybridized carbons (Fsp3) is 0.600. The molecule has 38 valence electrons. The highest BCUT2D eigenvalue weighted by Gasteiger charge is 2.06. The number of carbonyl (C=O) groups excluding carboxylic acids is 1. The number of carbonyl (C=O) groups is 1. The first-order chi connectivity index (χ1) is 3.39. The number of hydrogen-bond acceptors (Lipinski definition) is 2. The summed E-state index contributed by atoms with van der Waals surface area (Å²) in [5.74, 6) is 0.103. The van der Waals surface area contributed by atoms with E-state index in [4.69, 9.17) is 0 Å². The molecular weight excluding hydrogens is 90.1 g/mol. The molecule has 0 spiro atoms. The smallest absolute Gasteiger partial charge is 0.157 e. The number of hydrogen-bond donors (Lipinski definition) is 1. The van der Waals surface area contributed by atoms with Crippen LogP contribution in [0.15, 0.2) is 0 Å². The minimum Gasteiger partial charge on any atom is -0.301 e. The fourth-order valence-electron chi connectivity index (χ4n) is 0.561. The van der Waals surface area contributed by atoms with Gasteiger partial charge in [-0.05, 0) is 13.0 Å². The molecule has 1 aliphatic heterocycles. The van der Waals surface area contributed by atoms with Crippen molar-refractivity contribution in [3.8, 4) is 0 Å². The Labute approximate surface area is 42.9 Å². The lowest BCUT2D eigenvalue weighted by atomic mass is 10.1. The lowest BCUT2D eigenvalue weighted by Crippen LogP contribution is -2.24. The zero-order valence-corrected chi connectivity index (χ0v) is 4.03. The molecule has 1 saturated heterocycles. The summed E-state index contributed by atoms with van der Waals surface area (Å²) in [6.07, 6.45) is 1.64. The lowest BCUT2D eigenvalue weighted by molar-refractivity contribution is -0.117. The quantitative estimate of drug-likeness (QED) is 0.460. The molecule has 2 nitrogen and oxygen atoms in total. The number of rotatable bonds is 0. The van der Waals surface area contributed by atoms with Gasteiger partial charge in [0.2, 0.25) is 0 Å². The number of piperidine rings is 1. The van der Waals surface area contributed by atoms with Crippen LogP contribution in [0.5, 0.6) is 0 Å². The van der Waals surface area contributed by atoms with Crippen molar-refractivity contribution in [3.63, 3.8) is 0 Å². The first-order valence-corrected chi connectivity index (χ1v) is 2.41. The summed E-state index contributed by atoms with van der Waals surface area (Å²) in [6.45, 7) is 3.40. The summed E-state index contributed by atoms with van der Waals surface area (Å²) >= 11 is 0. The van der Waals surface area contributed by atoms with Crippen LogP contribution in [0.4, 0.5) is 0 Å². The second-order valence-electron chi connectivity index (χ2n) is 1.58. The van der Waals surface area contributed by atoms with Crippen LogP contribution in [0.3, 0.4) is 0 Å². The molecule has 0 amide bonds. The van der Waals surface area contributed by atoms with Gasteiger partial charge in [-0.25, -0.2) is 0 Å². The number of ketones is 1. The summed E-state index contributed by atoms with van der Waals surface area (Å²) in [6, 6.07) is 0. The summed E-state index contributed by atoms with van der Waals surface area (Å²) in [7, 11) is 0. The van der Waals surface area contributed by atoms with E-state index < -0.39 is 0 Å². The maximum Gasteiger partial charge on any atom is 0.157 e. The third-order valence-electron chi connectivity index (χ3n) is 0.933. The number of nitrogens with one attached hydrogen (secondary N) is 1. The molecule has 1 aliphatic rings. The lowest BCUT2D eigenvalue weighted by Gasteiger charge is -2.06. The van der Waals surface area contributed by atoms with Crippen LogP contribution in [0.2, 0.25) is 0 Å². The van der Waals surface area contributed by atoms with E-state index in [-0.39, 0.29) is 5.78 Å². The predicted octanol–water partition coefficient (Wildman–Crippen LogP) is -0.0223. The molecule has 0 atom stereocenters. The van der Waals surface area contributed by atoms with E-state index >= 15 is 0 Å². The van der Waals surface area contributed by atoms with Crippen LogP contribution in [0.25, 0.3) is 0 Å². The van der Waals surface area contributed by atoms with E-state index in [2.05, 4.69) is 11.9 Å². The number of Topliss-reactive ketones (excluding diaryl/α,β-unsaturated/α-hetero) is 1. The van der Waals surface area contributed by atoms with Gasteiger partial charge in [0.1, 0.15) is 6.54 Å². The van der Waals surface area contributed by atoms with Gasteiger partial charge in [-0.15, -0.1) is 0 Å². The molecule has 1 fully saturated rings. The van der Waals surface area contributed by atoms with E-state index in [1.165, 1.54) is 0 Å². The SMILES string of the molecule is O=C1[C]NCCC1. The highest BCUT2D eigenvalue weighted by Crippen LogP contribution is 1.96. The fourth-order valence-corrected chi connectivity index (χ4v) is 0.561. The normalized spacial score (nSPS) is 22.6. The van der Waals surface area contributed by atoms with Gasteiger partial charge in [-0.1, -0.05) is 0 Å². The molecule has 0 aliphatic carbocycles. The Balaban J connectivity index is 2.25. The molecule has 0 aromatic carbocycles.